The first-order chi connectivity index (χ1) is 19.4. The first-order valence-electron chi connectivity index (χ1n) is 14.6. The fourth-order valence-electron chi connectivity index (χ4n) is 3.57. The fraction of sp³-hybridized carbons (Fsp3) is 0.677. The fourth-order valence-corrected chi connectivity index (χ4v) is 3.57. The summed E-state index contributed by atoms with van der Waals surface area (Å²) in [5, 5.41) is 3.07. The van der Waals surface area contributed by atoms with Gasteiger partial charge in [-0.25, -0.2) is 4.79 Å². The zero-order chi connectivity index (χ0) is 30.9. The van der Waals surface area contributed by atoms with E-state index in [0.29, 0.717) is 11.5 Å². The lowest BCUT2D eigenvalue weighted by Crippen LogP contribution is -2.43. The summed E-state index contributed by atoms with van der Waals surface area (Å²) >= 11 is 0. The second kappa shape index (κ2) is 19.1. The smallest absolute Gasteiger partial charge is 0.468 e. The molecule has 0 aromatic heterocycles. The largest absolute Gasteiger partial charge is 0.508 e. The van der Waals surface area contributed by atoms with Crippen LogP contribution in [0.15, 0.2) is 18.2 Å². The summed E-state index contributed by atoms with van der Waals surface area (Å²) < 4.78 is 26.5. The third kappa shape index (κ3) is 14.9. The molecule has 1 aromatic carbocycles. The van der Waals surface area contributed by atoms with E-state index >= 15 is 0 Å². The van der Waals surface area contributed by atoms with Crippen LogP contribution < -0.4 is 14.8 Å². The predicted octanol–water partition coefficient (Wildman–Crippen LogP) is 5.63. The van der Waals surface area contributed by atoms with E-state index in [-0.39, 0.29) is 55.7 Å². The Morgan fingerprint density at radius 3 is 1.98 bits per heavy atom. The molecule has 41 heavy (non-hydrogen) atoms. The normalized spacial score (nSPS) is 14.0. The predicted molar refractivity (Wildman–Crippen MR) is 155 cm³/mol. The minimum absolute atomic E-state index is 0.109. The van der Waals surface area contributed by atoms with Crippen molar-refractivity contribution in [3.8, 4) is 11.5 Å². The molecule has 10 nitrogen and oxygen atoms in total. The molecule has 10 heteroatoms. The van der Waals surface area contributed by atoms with E-state index in [9.17, 15) is 19.2 Å². The molecule has 0 aliphatic carbocycles. The van der Waals surface area contributed by atoms with Crippen LogP contribution in [0.25, 0.3) is 0 Å². The van der Waals surface area contributed by atoms with Gasteiger partial charge in [-0.15, -0.1) is 0 Å². The van der Waals surface area contributed by atoms with Crippen LogP contribution >= 0.6 is 0 Å². The number of carbonyl (C=O) groups excluding carboxylic acids is 4. The number of carbonyl (C=O) groups is 4. The first-order valence-corrected chi connectivity index (χ1v) is 14.6. The average molecular weight is 580 g/mol. The molecule has 1 rings (SSSR count). The van der Waals surface area contributed by atoms with Gasteiger partial charge in [-0.2, -0.15) is 0 Å². The van der Waals surface area contributed by atoms with E-state index in [2.05, 4.69) is 5.32 Å². The molecular weight excluding hydrogens is 530 g/mol. The monoisotopic (exact) mass is 579 g/mol. The van der Waals surface area contributed by atoms with Crippen molar-refractivity contribution in [2.75, 3.05) is 20.3 Å². The summed E-state index contributed by atoms with van der Waals surface area (Å²) in [4.78, 5) is 49.5. The molecule has 1 N–H and O–H groups in total. The molecule has 0 saturated carbocycles. The van der Waals surface area contributed by atoms with Crippen molar-refractivity contribution in [2.24, 2.45) is 17.8 Å². The average Bonchev–Trinajstić information content (AvgIpc) is 2.91. The van der Waals surface area contributed by atoms with Gasteiger partial charge in [0.15, 0.2) is 11.5 Å². The van der Waals surface area contributed by atoms with Crippen molar-refractivity contribution in [2.45, 2.75) is 99.1 Å². The van der Waals surface area contributed by atoms with E-state index in [1.165, 1.54) is 7.11 Å². The Bertz CT molecular complexity index is 978. The van der Waals surface area contributed by atoms with Crippen molar-refractivity contribution >= 4 is 24.1 Å². The van der Waals surface area contributed by atoms with Crippen LogP contribution in [-0.2, 0) is 35.0 Å². The van der Waals surface area contributed by atoms with E-state index < -0.39 is 36.2 Å². The Kier molecular flexibility index (Phi) is 16.7. The Labute approximate surface area is 244 Å². The van der Waals surface area contributed by atoms with Gasteiger partial charge in [0.2, 0.25) is 0 Å². The molecule has 3 unspecified atom stereocenters. The van der Waals surface area contributed by atoms with Gasteiger partial charge in [0, 0.05) is 19.4 Å². The summed E-state index contributed by atoms with van der Waals surface area (Å²) in [6.45, 7) is 14.1. The number of hydrogen-bond donors (Lipinski definition) is 1. The van der Waals surface area contributed by atoms with E-state index in [0.717, 1.165) is 19.3 Å². The van der Waals surface area contributed by atoms with Gasteiger partial charge >= 0.3 is 24.1 Å². The lowest BCUT2D eigenvalue weighted by atomic mass is 10.0. The summed E-state index contributed by atoms with van der Waals surface area (Å²) in [6, 6.07) is 4.06. The van der Waals surface area contributed by atoms with E-state index in [4.69, 9.17) is 23.7 Å². The summed E-state index contributed by atoms with van der Waals surface area (Å²) in [5.41, 5.74) is 0.641. The Morgan fingerprint density at radius 1 is 0.854 bits per heavy atom. The number of ether oxygens (including phenoxy) is 5. The van der Waals surface area contributed by atoms with Crippen LogP contribution in [0.2, 0.25) is 0 Å². The molecule has 0 bridgehead atoms. The molecule has 0 spiro atoms. The highest BCUT2D eigenvalue weighted by molar-refractivity contribution is 5.77. The minimum atomic E-state index is -0.787. The standard InChI is InChI=1S/C31H49NO9/c1-9-21(5)15-28(33)40-26-12-11-24(18-27(26)41-29(34)16-22(6)10-2)17-25(30(35)37-8)32-19-23(7)39-31(36)38-14-13-20(3)4/h11-12,18,20-23,25,32H,9-10,13-17,19H2,1-8H3/t21?,22?,23?,25-/m0/s1. The molecule has 0 heterocycles. The second-order valence-electron chi connectivity index (χ2n) is 11.1. The highest BCUT2D eigenvalue weighted by Gasteiger charge is 2.23. The topological polar surface area (TPSA) is 126 Å². The molecule has 0 saturated heterocycles. The minimum Gasteiger partial charge on any atom is -0.468 e. The second-order valence-corrected chi connectivity index (χ2v) is 11.1. The Hall–Kier alpha value is -3.14. The van der Waals surface area contributed by atoms with Crippen LogP contribution in [0.4, 0.5) is 4.79 Å². The van der Waals surface area contributed by atoms with Gasteiger partial charge in [-0.3, -0.25) is 14.4 Å². The van der Waals surface area contributed by atoms with Crippen LogP contribution in [-0.4, -0.2) is 56.5 Å². The first kappa shape index (κ1) is 35.9. The molecule has 1 aromatic rings. The number of nitrogens with one attached hydrogen (secondary N) is 1. The third-order valence-corrected chi connectivity index (χ3v) is 6.67. The number of methoxy groups -OCH3 is 1. The van der Waals surface area contributed by atoms with Gasteiger partial charge in [0.05, 0.1) is 13.7 Å². The number of benzene rings is 1. The van der Waals surface area contributed by atoms with Crippen molar-refractivity contribution < 1.29 is 42.9 Å². The summed E-state index contributed by atoms with van der Waals surface area (Å²) in [5.74, 6) is -0.446. The molecule has 0 fully saturated rings. The van der Waals surface area contributed by atoms with E-state index in [1.54, 1.807) is 25.1 Å². The van der Waals surface area contributed by atoms with Crippen molar-refractivity contribution in [1.29, 1.82) is 0 Å². The summed E-state index contributed by atoms with van der Waals surface area (Å²) in [7, 11) is 1.28. The van der Waals surface area contributed by atoms with Gasteiger partial charge < -0.3 is 29.0 Å². The lowest BCUT2D eigenvalue weighted by Gasteiger charge is -2.20. The third-order valence-electron chi connectivity index (χ3n) is 6.67. The van der Waals surface area contributed by atoms with Gasteiger partial charge in [0.25, 0.3) is 0 Å². The Morgan fingerprint density at radius 2 is 1.44 bits per heavy atom. The van der Waals surface area contributed by atoms with Crippen LogP contribution in [0.5, 0.6) is 11.5 Å². The van der Waals surface area contributed by atoms with Crippen molar-refractivity contribution in [1.82, 2.24) is 5.32 Å². The Balaban J connectivity index is 3.00. The zero-order valence-corrected chi connectivity index (χ0v) is 25.9. The maximum atomic E-state index is 12.6. The SMILES string of the molecule is CCC(C)CC(=O)Oc1ccc(C[C@H](NCC(C)OC(=O)OCCC(C)C)C(=O)OC)cc1OC(=O)CC(C)CC. The van der Waals surface area contributed by atoms with Crippen LogP contribution in [0.3, 0.4) is 0 Å². The van der Waals surface area contributed by atoms with Gasteiger partial charge in [-0.1, -0.05) is 60.5 Å². The number of hydrogen-bond acceptors (Lipinski definition) is 10. The zero-order valence-electron chi connectivity index (χ0n) is 25.9. The molecule has 0 radical (unpaired) electrons. The lowest BCUT2D eigenvalue weighted by molar-refractivity contribution is -0.143. The molecular formula is C31H49NO9. The van der Waals surface area contributed by atoms with Crippen LogP contribution in [0.1, 0.15) is 86.1 Å². The van der Waals surface area contributed by atoms with Crippen molar-refractivity contribution in [3.05, 3.63) is 23.8 Å². The van der Waals surface area contributed by atoms with Gasteiger partial charge in [0.1, 0.15) is 12.1 Å². The molecule has 4 atom stereocenters. The highest BCUT2D eigenvalue weighted by Crippen LogP contribution is 2.31. The molecule has 0 aliphatic rings. The van der Waals surface area contributed by atoms with E-state index in [1.807, 2.05) is 41.5 Å². The summed E-state index contributed by atoms with van der Waals surface area (Å²) in [6.07, 6.45) is 1.66. The van der Waals surface area contributed by atoms with Crippen LogP contribution in [0, 0.1) is 17.8 Å². The maximum absolute atomic E-state index is 12.6. The van der Waals surface area contributed by atoms with Crippen molar-refractivity contribution in [3.63, 3.8) is 0 Å². The number of esters is 3. The molecule has 0 amide bonds. The molecule has 0 aliphatic heterocycles. The quantitative estimate of drug-likeness (QED) is 0.173. The molecule has 232 valence electrons. The maximum Gasteiger partial charge on any atom is 0.508 e. The highest BCUT2D eigenvalue weighted by atomic mass is 16.7. The number of rotatable bonds is 18. The van der Waals surface area contributed by atoms with Gasteiger partial charge in [-0.05, 0) is 55.2 Å².